The number of nitrogens with one attached hydrogen (secondary N) is 2. The normalized spacial score (nSPS) is 15.1. The third-order valence-corrected chi connectivity index (χ3v) is 5.03. The van der Waals surface area contributed by atoms with E-state index in [0.717, 1.165) is 55.9 Å². The van der Waals surface area contributed by atoms with Gasteiger partial charge in [0.25, 0.3) is 0 Å². The van der Waals surface area contributed by atoms with E-state index >= 15 is 0 Å². The molecule has 1 aromatic rings. The lowest BCUT2D eigenvalue weighted by Crippen LogP contribution is -3.13. The summed E-state index contributed by atoms with van der Waals surface area (Å²) in [5.41, 5.74) is 2.55. The van der Waals surface area contributed by atoms with Crippen LogP contribution >= 0.6 is 12.2 Å². The number of rotatable bonds is 7. The molecule has 0 unspecified atom stereocenters. The van der Waals surface area contributed by atoms with Crippen molar-refractivity contribution in [1.29, 1.82) is 0 Å². The molecule has 140 valence electrons. The molecule has 0 spiro atoms. The van der Waals surface area contributed by atoms with Gasteiger partial charge in [-0.15, -0.1) is 0 Å². The molecule has 0 saturated carbocycles. The Morgan fingerprint density at radius 3 is 2.40 bits per heavy atom. The van der Waals surface area contributed by atoms with Crippen LogP contribution in [-0.4, -0.2) is 70.7 Å². The summed E-state index contributed by atoms with van der Waals surface area (Å²) in [6, 6.07) is 4.16. The number of methoxy groups -OCH3 is 3. The monoisotopic (exact) mass is 368 g/mol. The first-order chi connectivity index (χ1) is 12.1. The quantitative estimate of drug-likeness (QED) is 0.531. The van der Waals surface area contributed by atoms with Crippen LogP contribution in [0.25, 0.3) is 0 Å². The van der Waals surface area contributed by atoms with Crippen molar-refractivity contribution in [2.24, 2.45) is 0 Å². The maximum atomic E-state index is 5.46. The molecule has 1 aromatic carbocycles. The maximum absolute atomic E-state index is 5.46. The van der Waals surface area contributed by atoms with Crippen molar-refractivity contribution < 1.29 is 19.1 Å². The van der Waals surface area contributed by atoms with E-state index in [9.17, 15) is 0 Å². The van der Waals surface area contributed by atoms with Gasteiger partial charge in [0.1, 0.15) is 6.54 Å². The summed E-state index contributed by atoms with van der Waals surface area (Å²) in [4.78, 5) is 3.81. The molecule has 0 aromatic heterocycles. The largest absolute Gasteiger partial charge is 0.493 e. The van der Waals surface area contributed by atoms with Crippen molar-refractivity contribution in [3.05, 3.63) is 23.3 Å². The molecule has 0 atom stereocenters. The SMILES string of the molecule is COCCNC(=S)N1CC[NH+](Cc2cc(OC)c(OC)cc2C)CC1. The zero-order valence-electron chi connectivity index (χ0n) is 15.7. The van der Waals surface area contributed by atoms with Crippen molar-refractivity contribution >= 4 is 17.3 Å². The molecular weight excluding hydrogens is 338 g/mol. The fourth-order valence-electron chi connectivity index (χ4n) is 3.06. The second-order valence-electron chi connectivity index (χ2n) is 6.27. The predicted molar refractivity (Wildman–Crippen MR) is 103 cm³/mol. The molecule has 7 heteroatoms. The van der Waals surface area contributed by atoms with Crippen LogP contribution in [0.5, 0.6) is 11.5 Å². The molecule has 25 heavy (non-hydrogen) atoms. The van der Waals surface area contributed by atoms with E-state index in [0.29, 0.717) is 6.61 Å². The van der Waals surface area contributed by atoms with Gasteiger partial charge in [0.15, 0.2) is 16.6 Å². The highest BCUT2D eigenvalue weighted by Gasteiger charge is 2.22. The molecule has 1 aliphatic rings. The van der Waals surface area contributed by atoms with E-state index in [1.54, 1.807) is 26.2 Å². The number of benzene rings is 1. The summed E-state index contributed by atoms with van der Waals surface area (Å²) >= 11 is 5.46. The Hall–Kier alpha value is -1.57. The van der Waals surface area contributed by atoms with E-state index in [-0.39, 0.29) is 0 Å². The third-order valence-electron chi connectivity index (χ3n) is 4.62. The average molecular weight is 369 g/mol. The Kier molecular flexibility index (Phi) is 7.74. The highest BCUT2D eigenvalue weighted by atomic mass is 32.1. The van der Waals surface area contributed by atoms with Crippen LogP contribution in [0.15, 0.2) is 12.1 Å². The van der Waals surface area contributed by atoms with Crippen LogP contribution in [-0.2, 0) is 11.3 Å². The van der Waals surface area contributed by atoms with Crippen LogP contribution in [0.3, 0.4) is 0 Å². The molecule has 1 heterocycles. The lowest BCUT2D eigenvalue weighted by atomic mass is 10.1. The van der Waals surface area contributed by atoms with Gasteiger partial charge in [0.05, 0.1) is 47.0 Å². The second-order valence-corrected chi connectivity index (χ2v) is 6.66. The standard InChI is InChI=1S/C18H29N3O3S/c1-14-11-16(23-3)17(24-4)12-15(14)13-20-6-8-21(9-7-20)18(25)19-5-10-22-2/h11-12H,5-10,13H2,1-4H3,(H,19,25)/p+1. The summed E-state index contributed by atoms with van der Waals surface area (Å²) in [5.74, 6) is 1.58. The number of nitrogens with zero attached hydrogens (tertiary/aromatic N) is 1. The minimum atomic E-state index is 0.671. The minimum absolute atomic E-state index is 0.671. The van der Waals surface area contributed by atoms with E-state index in [2.05, 4.69) is 29.3 Å². The molecule has 6 nitrogen and oxygen atoms in total. The van der Waals surface area contributed by atoms with Crippen molar-refractivity contribution in [2.45, 2.75) is 13.5 Å². The van der Waals surface area contributed by atoms with Gasteiger partial charge in [0.2, 0.25) is 0 Å². The molecule has 2 N–H and O–H groups in total. The molecule has 2 rings (SSSR count). The molecule has 0 bridgehead atoms. The Balaban J connectivity index is 1.88. The van der Waals surface area contributed by atoms with Crippen LogP contribution in [0.4, 0.5) is 0 Å². The smallest absolute Gasteiger partial charge is 0.169 e. The van der Waals surface area contributed by atoms with Crippen molar-refractivity contribution in [3.63, 3.8) is 0 Å². The zero-order valence-corrected chi connectivity index (χ0v) is 16.5. The summed E-state index contributed by atoms with van der Waals surface area (Å²) in [6.07, 6.45) is 0. The first-order valence-corrected chi connectivity index (χ1v) is 9.06. The lowest BCUT2D eigenvalue weighted by Gasteiger charge is -2.34. The van der Waals surface area contributed by atoms with Crippen LogP contribution in [0.1, 0.15) is 11.1 Å². The molecule has 0 radical (unpaired) electrons. The van der Waals surface area contributed by atoms with Crippen molar-refractivity contribution in [1.82, 2.24) is 10.2 Å². The number of hydrogen-bond donors (Lipinski definition) is 2. The molecule has 1 aliphatic heterocycles. The Morgan fingerprint density at radius 2 is 1.80 bits per heavy atom. The topological polar surface area (TPSA) is 47.4 Å². The predicted octanol–water partition coefficient (Wildman–Crippen LogP) is 0.234. The van der Waals surface area contributed by atoms with Crippen LogP contribution in [0, 0.1) is 6.92 Å². The van der Waals surface area contributed by atoms with Gasteiger partial charge in [-0.05, 0) is 36.8 Å². The van der Waals surface area contributed by atoms with Crippen LogP contribution in [0.2, 0.25) is 0 Å². The highest BCUT2D eigenvalue weighted by Crippen LogP contribution is 2.29. The number of thiocarbonyl (C=S) groups is 1. The van der Waals surface area contributed by atoms with E-state index in [1.807, 2.05) is 0 Å². The number of piperazine rings is 1. The summed E-state index contributed by atoms with van der Waals surface area (Å²) in [7, 11) is 5.05. The van der Waals surface area contributed by atoms with E-state index < -0.39 is 0 Å². The van der Waals surface area contributed by atoms with Gasteiger partial charge in [-0.25, -0.2) is 0 Å². The molecule has 0 aliphatic carbocycles. The van der Waals surface area contributed by atoms with Gasteiger partial charge in [-0.2, -0.15) is 0 Å². The summed E-state index contributed by atoms with van der Waals surface area (Å²) < 4.78 is 15.9. The molecule has 0 amide bonds. The van der Waals surface area contributed by atoms with Gasteiger partial charge in [-0.1, -0.05) is 0 Å². The first-order valence-electron chi connectivity index (χ1n) is 8.65. The van der Waals surface area contributed by atoms with E-state index in [1.165, 1.54) is 11.1 Å². The Bertz CT molecular complexity index is 575. The van der Waals surface area contributed by atoms with Crippen LogP contribution < -0.4 is 19.7 Å². The Morgan fingerprint density at radius 1 is 1.16 bits per heavy atom. The van der Waals surface area contributed by atoms with Gasteiger partial charge >= 0.3 is 0 Å². The number of aryl methyl sites for hydroxylation is 1. The highest BCUT2D eigenvalue weighted by molar-refractivity contribution is 7.80. The summed E-state index contributed by atoms with van der Waals surface area (Å²) in [6.45, 7) is 8.63. The minimum Gasteiger partial charge on any atom is -0.493 e. The third kappa shape index (κ3) is 5.45. The number of ether oxygens (including phenoxy) is 3. The number of quaternary nitrogens is 1. The fourth-order valence-corrected chi connectivity index (χ4v) is 3.34. The van der Waals surface area contributed by atoms with Gasteiger partial charge in [0, 0.05) is 19.2 Å². The van der Waals surface area contributed by atoms with Gasteiger partial charge < -0.3 is 29.3 Å². The Labute approximate surface area is 156 Å². The molecular formula is C18H30N3O3S+. The summed E-state index contributed by atoms with van der Waals surface area (Å²) in [5, 5.41) is 4.08. The zero-order chi connectivity index (χ0) is 18.2. The lowest BCUT2D eigenvalue weighted by molar-refractivity contribution is -0.917. The van der Waals surface area contributed by atoms with E-state index in [4.69, 9.17) is 26.4 Å². The van der Waals surface area contributed by atoms with Gasteiger partial charge in [-0.3, -0.25) is 0 Å². The van der Waals surface area contributed by atoms with Crippen molar-refractivity contribution in [3.8, 4) is 11.5 Å². The fraction of sp³-hybridized carbons (Fsp3) is 0.611. The first kappa shape index (κ1) is 19.8. The average Bonchev–Trinajstić information content (AvgIpc) is 2.63. The van der Waals surface area contributed by atoms with Crippen molar-refractivity contribution in [2.75, 3.05) is 60.7 Å². The number of hydrogen-bond acceptors (Lipinski definition) is 4. The molecule has 1 fully saturated rings. The maximum Gasteiger partial charge on any atom is 0.169 e. The second kappa shape index (κ2) is 9.79. The molecule has 1 saturated heterocycles.